The maximum atomic E-state index is 6.14. The molecule has 18 heavy (non-hydrogen) atoms. The molecular weight excluding hydrogens is 222 g/mol. The van der Waals surface area contributed by atoms with Crippen LogP contribution in [0.4, 0.5) is 0 Å². The number of hydrogen-bond acceptors (Lipinski definition) is 2. The van der Waals surface area contributed by atoms with Gasteiger partial charge in [-0.2, -0.15) is 5.06 Å². The highest BCUT2D eigenvalue weighted by atomic mass is 16.7. The summed E-state index contributed by atoms with van der Waals surface area (Å²) < 4.78 is 0. The molecule has 100 valence electrons. The van der Waals surface area contributed by atoms with Gasteiger partial charge in [-0.1, -0.05) is 38.0 Å². The molecule has 0 aromatic heterocycles. The van der Waals surface area contributed by atoms with Crippen LogP contribution in [0.5, 0.6) is 0 Å². The molecule has 0 aromatic carbocycles. The second-order valence-corrected chi connectivity index (χ2v) is 6.04. The lowest BCUT2D eigenvalue weighted by Crippen LogP contribution is -2.48. The first-order valence-corrected chi connectivity index (χ1v) is 7.58. The van der Waals surface area contributed by atoms with Gasteiger partial charge in [-0.15, -0.1) is 0 Å². The average Bonchev–Trinajstić information content (AvgIpc) is 3.07. The van der Waals surface area contributed by atoms with E-state index in [1.54, 1.807) is 0 Å². The molecule has 3 atom stereocenters. The molecule has 1 aliphatic carbocycles. The van der Waals surface area contributed by atoms with Gasteiger partial charge < -0.3 is 0 Å². The largest absolute Gasteiger partial charge is 0.294 e. The van der Waals surface area contributed by atoms with Crippen molar-refractivity contribution >= 4 is 0 Å². The van der Waals surface area contributed by atoms with E-state index in [-0.39, 0.29) is 0 Å². The van der Waals surface area contributed by atoms with Crippen molar-refractivity contribution in [2.75, 3.05) is 0 Å². The van der Waals surface area contributed by atoms with Crippen molar-refractivity contribution in [3.8, 4) is 0 Å². The first-order chi connectivity index (χ1) is 8.79. The molecule has 3 rings (SSSR count). The van der Waals surface area contributed by atoms with Gasteiger partial charge in [-0.05, 0) is 44.6 Å². The van der Waals surface area contributed by atoms with E-state index in [0.29, 0.717) is 17.7 Å². The molecule has 0 N–H and O–H groups in total. The Morgan fingerprint density at radius 1 is 1.39 bits per heavy atom. The fraction of sp³-hybridized carbons (Fsp3) is 0.750. The average molecular weight is 247 g/mol. The van der Waals surface area contributed by atoms with Crippen molar-refractivity contribution in [3.63, 3.8) is 0 Å². The number of rotatable bonds is 3. The second kappa shape index (κ2) is 4.82. The van der Waals surface area contributed by atoms with Crippen molar-refractivity contribution in [2.24, 2.45) is 0 Å². The summed E-state index contributed by atoms with van der Waals surface area (Å²) in [6.45, 7) is 4.35. The van der Waals surface area contributed by atoms with Crippen LogP contribution in [0.2, 0.25) is 0 Å². The summed E-state index contributed by atoms with van der Waals surface area (Å²) in [6, 6.07) is 0.509. The van der Waals surface area contributed by atoms with Crippen molar-refractivity contribution < 1.29 is 4.84 Å². The smallest absolute Gasteiger partial charge is 0.0831 e. The summed E-state index contributed by atoms with van der Waals surface area (Å²) in [4.78, 5) is 6.14. The molecule has 2 nitrogen and oxygen atoms in total. The topological polar surface area (TPSA) is 12.5 Å². The summed E-state index contributed by atoms with van der Waals surface area (Å²) in [5, 5.41) is 2.39. The van der Waals surface area contributed by atoms with Gasteiger partial charge in [0.05, 0.1) is 12.1 Å². The fourth-order valence-electron chi connectivity index (χ4n) is 4.08. The summed E-state index contributed by atoms with van der Waals surface area (Å²) >= 11 is 0. The van der Waals surface area contributed by atoms with Crippen LogP contribution >= 0.6 is 0 Å². The predicted octanol–water partition coefficient (Wildman–Crippen LogP) is 3.99. The zero-order valence-electron chi connectivity index (χ0n) is 11.7. The van der Waals surface area contributed by atoms with Gasteiger partial charge in [0.1, 0.15) is 0 Å². The zero-order chi connectivity index (χ0) is 12.6. The van der Waals surface area contributed by atoms with Crippen molar-refractivity contribution in [1.82, 2.24) is 5.06 Å². The van der Waals surface area contributed by atoms with E-state index < -0.39 is 0 Å². The normalized spacial score (nSPS) is 38.3. The minimum Gasteiger partial charge on any atom is -0.294 e. The lowest BCUT2D eigenvalue weighted by atomic mass is 9.82. The van der Waals surface area contributed by atoms with Gasteiger partial charge >= 0.3 is 0 Å². The zero-order valence-corrected chi connectivity index (χ0v) is 11.7. The molecule has 0 radical (unpaired) electrons. The molecular formula is C16H25NO. The van der Waals surface area contributed by atoms with Crippen LogP contribution in [0, 0.1) is 0 Å². The second-order valence-electron chi connectivity index (χ2n) is 6.04. The Kier molecular flexibility index (Phi) is 3.33. The Labute approximate surface area is 111 Å². The van der Waals surface area contributed by atoms with Crippen LogP contribution < -0.4 is 0 Å². The van der Waals surface area contributed by atoms with Crippen molar-refractivity contribution in [3.05, 3.63) is 23.8 Å². The van der Waals surface area contributed by atoms with Crippen LogP contribution in [0.1, 0.15) is 58.8 Å². The lowest BCUT2D eigenvalue weighted by Gasteiger charge is -2.38. The Balaban J connectivity index is 1.80. The van der Waals surface area contributed by atoms with Gasteiger partial charge in [0.25, 0.3) is 0 Å². The molecule has 0 amide bonds. The Bertz CT molecular complexity index is 365. The monoisotopic (exact) mass is 247 g/mol. The van der Waals surface area contributed by atoms with Gasteiger partial charge in [0.15, 0.2) is 0 Å². The first kappa shape index (κ1) is 12.4. The molecule has 2 bridgehead atoms. The van der Waals surface area contributed by atoms with Crippen molar-refractivity contribution in [2.45, 2.75) is 76.5 Å². The van der Waals surface area contributed by atoms with Crippen LogP contribution in [0.25, 0.3) is 0 Å². The van der Waals surface area contributed by atoms with E-state index in [0.717, 1.165) is 6.42 Å². The SMILES string of the molecule is CC=C(C=CCC)C1CC2CC3(CCCC3)N1O2. The maximum Gasteiger partial charge on any atom is 0.0831 e. The van der Waals surface area contributed by atoms with Gasteiger partial charge in [0.2, 0.25) is 0 Å². The number of fused-ring (bicyclic) bond motifs is 3. The molecule has 1 spiro atoms. The molecule has 2 saturated heterocycles. The standard InChI is InChI=1S/C16H25NO/c1-3-5-8-13(4-2)15-11-14-12-16(17(15)18-14)9-6-7-10-16/h4-5,8,14-15H,3,6-7,9-12H2,1-2H3. The van der Waals surface area contributed by atoms with E-state index in [2.05, 4.69) is 37.1 Å². The van der Waals surface area contributed by atoms with Crippen molar-refractivity contribution in [1.29, 1.82) is 0 Å². The quantitative estimate of drug-likeness (QED) is 0.699. The van der Waals surface area contributed by atoms with E-state index >= 15 is 0 Å². The van der Waals surface area contributed by atoms with E-state index in [1.807, 2.05) is 0 Å². The van der Waals surface area contributed by atoms with Gasteiger partial charge in [-0.3, -0.25) is 4.84 Å². The third-order valence-corrected chi connectivity index (χ3v) is 4.91. The molecule has 3 fully saturated rings. The number of hydroxylamine groups is 2. The van der Waals surface area contributed by atoms with Crippen LogP contribution in [0.3, 0.4) is 0 Å². The molecule has 0 aromatic rings. The Hall–Kier alpha value is -0.600. The third kappa shape index (κ3) is 1.86. The summed E-state index contributed by atoms with van der Waals surface area (Å²) in [5.74, 6) is 0. The highest BCUT2D eigenvalue weighted by Crippen LogP contribution is 2.52. The van der Waals surface area contributed by atoms with E-state index in [9.17, 15) is 0 Å². The van der Waals surface area contributed by atoms with Gasteiger partial charge in [0, 0.05) is 5.54 Å². The number of piperidine rings is 1. The van der Waals surface area contributed by atoms with Gasteiger partial charge in [-0.25, -0.2) is 0 Å². The van der Waals surface area contributed by atoms with Crippen LogP contribution in [0.15, 0.2) is 23.8 Å². The molecule has 2 aliphatic heterocycles. The highest BCUT2D eigenvalue weighted by molar-refractivity contribution is 5.27. The highest BCUT2D eigenvalue weighted by Gasteiger charge is 2.56. The molecule has 1 saturated carbocycles. The fourth-order valence-corrected chi connectivity index (χ4v) is 4.08. The molecule has 2 heterocycles. The summed E-state index contributed by atoms with van der Waals surface area (Å²) in [7, 11) is 0. The number of hydrogen-bond donors (Lipinski definition) is 0. The minimum atomic E-state index is 0.391. The Morgan fingerprint density at radius 3 is 2.78 bits per heavy atom. The summed E-state index contributed by atoms with van der Waals surface area (Å²) in [6.07, 6.45) is 16.4. The number of nitrogens with zero attached hydrogens (tertiary/aromatic N) is 1. The Morgan fingerprint density at radius 2 is 2.17 bits per heavy atom. The molecule has 3 unspecified atom stereocenters. The summed E-state index contributed by atoms with van der Waals surface area (Å²) in [5.41, 5.74) is 1.84. The van der Waals surface area contributed by atoms with E-state index in [1.165, 1.54) is 44.1 Å². The third-order valence-electron chi connectivity index (χ3n) is 4.91. The first-order valence-electron chi connectivity index (χ1n) is 7.58. The lowest BCUT2D eigenvalue weighted by molar-refractivity contribution is -0.157. The van der Waals surface area contributed by atoms with Crippen LogP contribution in [-0.2, 0) is 4.84 Å². The maximum absolute atomic E-state index is 6.14. The number of allylic oxidation sites excluding steroid dienone is 2. The molecule has 3 aliphatic rings. The van der Waals surface area contributed by atoms with Crippen LogP contribution in [-0.4, -0.2) is 22.7 Å². The molecule has 2 heteroatoms. The predicted molar refractivity (Wildman–Crippen MR) is 74.1 cm³/mol. The minimum absolute atomic E-state index is 0.391. The van der Waals surface area contributed by atoms with E-state index in [4.69, 9.17) is 4.84 Å².